The molecule has 2 aromatic carbocycles. The molecule has 37 heavy (non-hydrogen) atoms. The Kier molecular flexibility index (Phi) is 9.91. The van der Waals surface area contributed by atoms with Crippen LogP contribution in [-0.4, -0.2) is 57.1 Å². The second-order valence-corrected chi connectivity index (χ2v) is 11.3. The van der Waals surface area contributed by atoms with Gasteiger partial charge >= 0.3 is 0 Å². The topological polar surface area (TPSA) is 96.0 Å². The highest BCUT2D eigenvalue weighted by atomic mass is 32.2. The Morgan fingerprint density at radius 2 is 1.73 bits per heavy atom. The molecule has 2 aromatic rings. The molecule has 0 unspecified atom stereocenters. The zero-order valence-corrected chi connectivity index (χ0v) is 22.5. The molecule has 0 bridgehead atoms. The van der Waals surface area contributed by atoms with Gasteiger partial charge in [0.15, 0.2) is 0 Å². The number of para-hydroxylation sites is 2. The van der Waals surface area contributed by atoms with E-state index in [1.807, 2.05) is 6.92 Å². The normalized spacial score (nSPS) is 15.0. The van der Waals surface area contributed by atoms with Crippen molar-refractivity contribution in [2.24, 2.45) is 0 Å². The lowest BCUT2D eigenvalue weighted by Crippen LogP contribution is -2.54. The van der Waals surface area contributed by atoms with E-state index in [1.165, 1.54) is 24.1 Å². The standard InChI is InChI=1S/C27H36FN3O5S/c1-4-23(27(33)29-22-10-6-5-7-11-22)30(18-20-14-16-21(28)17-15-20)26(32)19-31(37(3,34)35)24-12-8-9-13-25(24)36-2/h8-9,12-17,22-23H,4-7,10-11,18-19H2,1-3H3,(H,29,33)/t23-/m1/s1. The highest BCUT2D eigenvalue weighted by Crippen LogP contribution is 2.30. The van der Waals surface area contributed by atoms with Crippen molar-refractivity contribution in [3.05, 3.63) is 59.9 Å². The maximum atomic E-state index is 13.8. The lowest BCUT2D eigenvalue weighted by atomic mass is 9.95. The van der Waals surface area contributed by atoms with Gasteiger partial charge in [-0.05, 0) is 49.1 Å². The first-order chi connectivity index (χ1) is 17.6. The van der Waals surface area contributed by atoms with E-state index in [2.05, 4.69) is 5.32 Å². The molecule has 0 radical (unpaired) electrons. The van der Waals surface area contributed by atoms with Crippen LogP contribution < -0.4 is 14.4 Å². The van der Waals surface area contributed by atoms with Crippen LogP contribution in [0.3, 0.4) is 0 Å². The first-order valence-corrected chi connectivity index (χ1v) is 14.4. The number of ether oxygens (including phenoxy) is 1. The Hall–Kier alpha value is -3.14. The van der Waals surface area contributed by atoms with E-state index in [9.17, 15) is 22.4 Å². The summed E-state index contributed by atoms with van der Waals surface area (Å²) in [6, 6.07) is 11.4. The van der Waals surface area contributed by atoms with Crippen molar-refractivity contribution in [1.82, 2.24) is 10.2 Å². The molecule has 1 atom stereocenters. The summed E-state index contributed by atoms with van der Waals surface area (Å²) in [4.78, 5) is 28.5. The van der Waals surface area contributed by atoms with Gasteiger partial charge in [0.1, 0.15) is 24.2 Å². The second kappa shape index (κ2) is 12.9. The number of rotatable bonds is 11. The molecule has 0 heterocycles. The maximum absolute atomic E-state index is 13.8. The fraction of sp³-hybridized carbons (Fsp3) is 0.481. The summed E-state index contributed by atoms with van der Waals surface area (Å²) < 4.78 is 45.4. The van der Waals surface area contributed by atoms with E-state index >= 15 is 0 Å². The molecule has 2 amide bonds. The van der Waals surface area contributed by atoms with Gasteiger partial charge < -0.3 is 15.0 Å². The first-order valence-electron chi connectivity index (χ1n) is 12.6. The smallest absolute Gasteiger partial charge is 0.244 e. The van der Waals surface area contributed by atoms with E-state index in [-0.39, 0.29) is 24.2 Å². The number of hydrogen-bond donors (Lipinski definition) is 1. The van der Waals surface area contributed by atoms with Crippen LogP contribution in [0, 0.1) is 5.82 Å². The minimum atomic E-state index is -3.88. The fourth-order valence-electron chi connectivity index (χ4n) is 4.68. The van der Waals surface area contributed by atoms with Gasteiger partial charge in [0.05, 0.1) is 19.1 Å². The van der Waals surface area contributed by atoms with Gasteiger partial charge in [-0.2, -0.15) is 0 Å². The first kappa shape index (κ1) is 28.4. The van der Waals surface area contributed by atoms with Crippen LogP contribution in [0.1, 0.15) is 51.0 Å². The number of nitrogens with zero attached hydrogens (tertiary/aromatic N) is 2. The van der Waals surface area contributed by atoms with Crippen LogP contribution in [0.4, 0.5) is 10.1 Å². The van der Waals surface area contributed by atoms with Gasteiger partial charge in [-0.25, -0.2) is 12.8 Å². The quantitative estimate of drug-likeness (QED) is 0.473. The van der Waals surface area contributed by atoms with Gasteiger partial charge in [0.2, 0.25) is 21.8 Å². The van der Waals surface area contributed by atoms with Gasteiger partial charge in [0.25, 0.3) is 0 Å². The monoisotopic (exact) mass is 533 g/mol. The van der Waals surface area contributed by atoms with Gasteiger partial charge in [0, 0.05) is 12.6 Å². The SMILES string of the molecule is CC[C@H](C(=O)NC1CCCCC1)N(Cc1ccc(F)cc1)C(=O)CN(c1ccccc1OC)S(C)(=O)=O. The largest absolute Gasteiger partial charge is 0.495 e. The zero-order chi connectivity index (χ0) is 27.0. The average Bonchev–Trinajstić information content (AvgIpc) is 2.88. The summed E-state index contributed by atoms with van der Waals surface area (Å²) in [7, 11) is -2.46. The predicted molar refractivity (Wildman–Crippen MR) is 141 cm³/mol. The molecular formula is C27H36FN3O5S. The number of amides is 2. The van der Waals surface area contributed by atoms with Crippen LogP contribution in [0.5, 0.6) is 5.75 Å². The number of nitrogens with one attached hydrogen (secondary N) is 1. The third-order valence-electron chi connectivity index (χ3n) is 6.64. The summed E-state index contributed by atoms with van der Waals surface area (Å²) in [6.45, 7) is 1.32. The minimum absolute atomic E-state index is 0.0270. The van der Waals surface area contributed by atoms with Gasteiger partial charge in [-0.15, -0.1) is 0 Å². The minimum Gasteiger partial charge on any atom is -0.495 e. The van der Waals surface area contributed by atoms with Crippen molar-refractivity contribution in [3.63, 3.8) is 0 Å². The Labute approximate surface area is 218 Å². The summed E-state index contributed by atoms with van der Waals surface area (Å²) in [5.74, 6) is -0.935. The highest BCUT2D eigenvalue weighted by molar-refractivity contribution is 7.92. The van der Waals surface area contributed by atoms with Crippen molar-refractivity contribution < 1.29 is 27.1 Å². The molecule has 1 aliphatic rings. The van der Waals surface area contributed by atoms with Gasteiger partial charge in [-0.1, -0.05) is 50.5 Å². The molecule has 0 aromatic heterocycles. The van der Waals surface area contributed by atoms with Crippen molar-refractivity contribution in [2.45, 2.75) is 64.1 Å². The Balaban J connectivity index is 1.93. The van der Waals surface area contributed by atoms with E-state index < -0.39 is 34.3 Å². The summed E-state index contributed by atoms with van der Waals surface area (Å²) >= 11 is 0. The Morgan fingerprint density at radius 3 is 2.32 bits per heavy atom. The lowest BCUT2D eigenvalue weighted by molar-refractivity contribution is -0.140. The summed E-state index contributed by atoms with van der Waals surface area (Å²) in [5, 5.41) is 3.09. The molecule has 0 saturated heterocycles. The van der Waals surface area contributed by atoms with Gasteiger partial charge in [-0.3, -0.25) is 13.9 Å². The van der Waals surface area contributed by atoms with Crippen LogP contribution in [0.15, 0.2) is 48.5 Å². The number of sulfonamides is 1. The highest BCUT2D eigenvalue weighted by Gasteiger charge is 2.33. The van der Waals surface area contributed by atoms with Crippen molar-refractivity contribution >= 4 is 27.5 Å². The number of benzene rings is 2. The molecule has 10 heteroatoms. The third kappa shape index (κ3) is 7.67. The number of halogens is 1. The number of anilines is 1. The lowest BCUT2D eigenvalue weighted by Gasteiger charge is -2.34. The molecule has 1 aliphatic carbocycles. The molecular weight excluding hydrogens is 497 g/mol. The molecule has 1 fully saturated rings. The maximum Gasteiger partial charge on any atom is 0.244 e. The molecule has 1 N–H and O–H groups in total. The van der Waals surface area contributed by atoms with E-state index in [0.717, 1.165) is 42.7 Å². The predicted octanol–water partition coefficient (Wildman–Crippen LogP) is 3.86. The molecule has 202 valence electrons. The van der Waals surface area contributed by atoms with E-state index in [0.29, 0.717) is 17.7 Å². The van der Waals surface area contributed by atoms with Crippen LogP contribution >= 0.6 is 0 Å². The third-order valence-corrected chi connectivity index (χ3v) is 7.76. The second-order valence-electron chi connectivity index (χ2n) is 9.36. The number of hydrogen-bond acceptors (Lipinski definition) is 5. The molecule has 1 saturated carbocycles. The van der Waals surface area contributed by atoms with Crippen LogP contribution in [0.25, 0.3) is 0 Å². The average molecular weight is 534 g/mol. The molecule has 0 spiro atoms. The van der Waals surface area contributed by atoms with Crippen molar-refractivity contribution in [1.29, 1.82) is 0 Å². The zero-order valence-electron chi connectivity index (χ0n) is 21.7. The molecule has 0 aliphatic heterocycles. The number of methoxy groups -OCH3 is 1. The van der Waals surface area contributed by atoms with Crippen LogP contribution in [0.2, 0.25) is 0 Å². The van der Waals surface area contributed by atoms with Crippen molar-refractivity contribution in [3.8, 4) is 5.75 Å². The van der Waals surface area contributed by atoms with E-state index in [4.69, 9.17) is 4.74 Å². The summed E-state index contributed by atoms with van der Waals surface area (Å²) in [6.07, 6.45) is 6.37. The fourth-order valence-corrected chi connectivity index (χ4v) is 5.53. The van der Waals surface area contributed by atoms with Crippen LogP contribution in [-0.2, 0) is 26.2 Å². The molecule has 3 rings (SSSR count). The Morgan fingerprint density at radius 1 is 1.08 bits per heavy atom. The number of carbonyl (C=O) groups excluding carboxylic acids is 2. The number of carbonyl (C=O) groups is 2. The molecule has 8 nitrogen and oxygen atoms in total. The summed E-state index contributed by atoms with van der Waals surface area (Å²) in [5.41, 5.74) is 0.851. The van der Waals surface area contributed by atoms with E-state index in [1.54, 1.807) is 36.4 Å². The van der Waals surface area contributed by atoms with Crippen molar-refractivity contribution in [2.75, 3.05) is 24.2 Å². The Bertz CT molecular complexity index is 1170.